The summed E-state index contributed by atoms with van der Waals surface area (Å²) in [6.07, 6.45) is -3.29. The maximum atomic E-state index is 12.8. The molecule has 2 rings (SSSR count). The lowest BCUT2D eigenvalue weighted by molar-refractivity contribution is -0.136. The molecule has 7 heteroatoms. The number of para-hydroxylation sites is 1. The van der Waals surface area contributed by atoms with E-state index in [0.29, 0.717) is 5.69 Å². The van der Waals surface area contributed by atoms with Gasteiger partial charge in [-0.2, -0.15) is 13.2 Å². The number of alkyl halides is 3. The van der Waals surface area contributed by atoms with Crippen LogP contribution in [0.2, 0.25) is 0 Å². The van der Waals surface area contributed by atoms with Crippen LogP contribution in [0.5, 0.6) is 0 Å². The van der Waals surface area contributed by atoms with E-state index in [1.807, 2.05) is 0 Å². The minimum atomic E-state index is -4.54. The first-order chi connectivity index (χ1) is 9.38. The average molecular weight is 281 g/mol. The second-order valence-electron chi connectivity index (χ2n) is 3.97. The number of nitrogens with zero attached hydrogens (tertiary/aromatic N) is 1. The van der Waals surface area contributed by atoms with Crippen molar-refractivity contribution in [1.82, 2.24) is 4.98 Å². The fourth-order valence-corrected chi connectivity index (χ4v) is 1.57. The van der Waals surface area contributed by atoms with Gasteiger partial charge in [0, 0.05) is 0 Å². The standard InChI is InChI=1S/C13H10F3N3O/c14-13(15,16)9-3-1-2-4-10(9)19-12(20)11-6-5-8(17)7-18-11/h1-7H,17H2,(H,19,20). The molecule has 0 atom stereocenters. The SMILES string of the molecule is Nc1ccc(C(=O)Nc2ccccc2C(F)(F)F)nc1. The molecule has 1 aromatic carbocycles. The van der Waals surface area contributed by atoms with Crippen LogP contribution < -0.4 is 11.1 Å². The Morgan fingerprint density at radius 1 is 1.15 bits per heavy atom. The van der Waals surface area contributed by atoms with E-state index in [1.165, 1.54) is 36.5 Å². The maximum absolute atomic E-state index is 12.8. The van der Waals surface area contributed by atoms with Gasteiger partial charge < -0.3 is 11.1 Å². The number of halogens is 3. The Labute approximate surface area is 112 Å². The lowest BCUT2D eigenvalue weighted by Gasteiger charge is -2.13. The number of nitrogens with two attached hydrogens (primary N) is 1. The minimum absolute atomic E-state index is 0.0174. The van der Waals surface area contributed by atoms with Gasteiger partial charge in [0.15, 0.2) is 0 Å². The zero-order valence-electron chi connectivity index (χ0n) is 10.1. The van der Waals surface area contributed by atoms with E-state index in [4.69, 9.17) is 5.73 Å². The smallest absolute Gasteiger partial charge is 0.397 e. The number of anilines is 2. The fraction of sp³-hybridized carbons (Fsp3) is 0.0769. The number of nitrogen functional groups attached to an aromatic ring is 1. The number of pyridine rings is 1. The number of hydrogen-bond acceptors (Lipinski definition) is 3. The fourth-order valence-electron chi connectivity index (χ4n) is 1.57. The van der Waals surface area contributed by atoms with Crippen molar-refractivity contribution in [2.45, 2.75) is 6.18 Å². The molecule has 0 spiro atoms. The van der Waals surface area contributed by atoms with Gasteiger partial charge in [0.25, 0.3) is 5.91 Å². The first kappa shape index (κ1) is 13.9. The maximum Gasteiger partial charge on any atom is 0.418 e. The van der Waals surface area contributed by atoms with Crippen LogP contribution >= 0.6 is 0 Å². The topological polar surface area (TPSA) is 68.0 Å². The monoisotopic (exact) mass is 281 g/mol. The number of rotatable bonds is 2. The third-order valence-corrected chi connectivity index (χ3v) is 2.50. The summed E-state index contributed by atoms with van der Waals surface area (Å²) in [7, 11) is 0. The van der Waals surface area contributed by atoms with Crippen molar-refractivity contribution in [3.63, 3.8) is 0 Å². The summed E-state index contributed by atoms with van der Waals surface area (Å²) in [5.74, 6) is -0.735. The van der Waals surface area contributed by atoms with E-state index in [1.54, 1.807) is 0 Å². The molecular weight excluding hydrogens is 271 g/mol. The number of carbonyl (C=O) groups is 1. The summed E-state index contributed by atoms with van der Waals surface area (Å²) in [5.41, 5.74) is 4.53. The second kappa shape index (κ2) is 5.20. The van der Waals surface area contributed by atoms with E-state index in [-0.39, 0.29) is 11.4 Å². The zero-order chi connectivity index (χ0) is 14.8. The van der Waals surface area contributed by atoms with Crippen molar-refractivity contribution >= 4 is 17.3 Å². The van der Waals surface area contributed by atoms with E-state index in [0.717, 1.165) is 6.07 Å². The molecule has 0 saturated carbocycles. The molecule has 0 aliphatic rings. The van der Waals surface area contributed by atoms with E-state index < -0.39 is 17.6 Å². The van der Waals surface area contributed by atoms with Crippen LogP contribution in [0, 0.1) is 0 Å². The number of carbonyl (C=O) groups excluding carboxylic acids is 1. The molecule has 1 aromatic heterocycles. The summed E-state index contributed by atoms with van der Waals surface area (Å²) in [6.45, 7) is 0. The molecule has 0 fully saturated rings. The lowest BCUT2D eigenvalue weighted by atomic mass is 10.1. The lowest BCUT2D eigenvalue weighted by Crippen LogP contribution is -2.17. The van der Waals surface area contributed by atoms with E-state index in [2.05, 4.69) is 10.3 Å². The van der Waals surface area contributed by atoms with Crippen LogP contribution in [0.15, 0.2) is 42.6 Å². The average Bonchev–Trinajstić information content (AvgIpc) is 2.38. The Hall–Kier alpha value is -2.57. The highest BCUT2D eigenvalue weighted by molar-refractivity contribution is 6.03. The van der Waals surface area contributed by atoms with Crippen molar-refractivity contribution in [2.24, 2.45) is 0 Å². The van der Waals surface area contributed by atoms with Gasteiger partial charge in [-0.1, -0.05) is 12.1 Å². The first-order valence-electron chi connectivity index (χ1n) is 5.57. The van der Waals surface area contributed by atoms with Crippen LogP contribution in [0.25, 0.3) is 0 Å². The summed E-state index contributed by atoms with van der Waals surface area (Å²) in [6, 6.07) is 7.50. The van der Waals surface area contributed by atoms with Crippen LogP contribution in [0.4, 0.5) is 24.5 Å². The Morgan fingerprint density at radius 3 is 2.45 bits per heavy atom. The molecule has 0 aliphatic heterocycles. The Morgan fingerprint density at radius 2 is 1.85 bits per heavy atom. The van der Waals surface area contributed by atoms with Gasteiger partial charge in [-0.15, -0.1) is 0 Å². The van der Waals surface area contributed by atoms with Gasteiger partial charge >= 0.3 is 6.18 Å². The van der Waals surface area contributed by atoms with Crippen molar-refractivity contribution in [3.05, 3.63) is 53.9 Å². The molecule has 0 bridgehead atoms. The summed E-state index contributed by atoms with van der Waals surface area (Å²) in [5, 5.41) is 2.19. The van der Waals surface area contributed by atoms with Crippen LogP contribution in [0.3, 0.4) is 0 Å². The minimum Gasteiger partial charge on any atom is -0.397 e. The van der Waals surface area contributed by atoms with Gasteiger partial charge in [-0.05, 0) is 24.3 Å². The summed E-state index contributed by atoms with van der Waals surface area (Å²) >= 11 is 0. The number of hydrogen-bond donors (Lipinski definition) is 2. The van der Waals surface area contributed by atoms with Crippen molar-refractivity contribution < 1.29 is 18.0 Å². The highest BCUT2D eigenvalue weighted by Crippen LogP contribution is 2.34. The zero-order valence-corrected chi connectivity index (χ0v) is 10.1. The van der Waals surface area contributed by atoms with Gasteiger partial charge in [0.05, 0.1) is 23.1 Å². The molecule has 0 unspecified atom stereocenters. The predicted molar refractivity (Wildman–Crippen MR) is 68.0 cm³/mol. The van der Waals surface area contributed by atoms with Crippen molar-refractivity contribution in [3.8, 4) is 0 Å². The third kappa shape index (κ3) is 3.05. The molecule has 20 heavy (non-hydrogen) atoms. The van der Waals surface area contributed by atoms with Crippen molar-refractivity contribution in [1.29, 1.82) is 0 Å². The summed E-state index contributed by atoms with van der Waals surface area (Å²) in [4.78, 5) is 15.6. The molecule has 3 N–H and O–H groups in total. The number of aromatic nitrogens is 1. The number of benzene rings is 1. The first-order valence-corrected chi connectivity index (χ1v) is 5.57. The predicted octanol–water partition coefficient (Wildman–Crippen LogP) is 2.93. The quantitative estimate of drug-likeness (QED) is 0.889. The summed E-state index contributed by atoms with van der Waals surface area (Å²) < 4.78 is 38.3. The second-order valence-corrected chi connectivity index (χ2v) is 3.97. The Kier molecular flexibility index (Phi) is 3.60. The molecular formula is C13H10F3N3O. The number of nitrogens with one attached hydrogen (secondary N) is 1. The molecule has 0 radical (unpaired) electrons. The molecule has 104 valence electrons. The van der Waals surface area contributed by atoms with Gasteiger partial charge in [0.2, 0.25) is 0 Å². The highest BCUT2D eigenvalue weighted by Gasteiger charge is 2.33. The van der Waals surface area contributed by atoms with E-state index in [9.17, 15) is 18.0 Å². The van der Waals surface area contributed by atoms with E-state index >= 15 is 0 Å². The van der Waals surface area contributed by atoms with Crippen LogP contribution in [-0.2, 0) is 6.18 Å². The van der Waals surface area contributed by atoms with Gasteiger partial charge in [0.1, 0.15) is 5.69 Å². The molecule has 0 aliphatic carbocycles. The molecule has 4 nitrogen and oxygen atoms in total. The van der Waals surface area contributed by atoms with Crippen LogP contribution in [0.1, 0.15) is 16.1 Å². The third-order valence-electron chi connectivity index (χ3n) is 2.50. The highest BCUT2D eigenvalue weighted by atomic mass is 19.4. The van der Waals surface area contributed by atoms with Gasteiger partial charge in [-0.3, -0.25) is 4.79 Å². The normalized spacial score (nSPS) is 11.2. The molecule has 0 saturated heterocycles. The largest absolute Gasteiger partial charge is 0.418 e. The molecule has 2 aromatic rings. The van der Waals surface area contributed by atoms with Crippen LogP contribution in [-0.4, -0.2) is 10.9 Å². The Balaban J connectivity index is 2.26. The van der Waals surface area contributed by atoms with Crippen molar-refractivity contribution in [2.75, 3.05) is 11.1 Å². The van der Waals surface area contributed by atoms with Gasteiger partial charge in [-0.25, -0.2) is 4.98 Å². The Bertz CT molecular complexity index is 624. The molecule has 1 heterocycles. The molecule has 1 amide bonds. The number of amides is 1.